The van der Waals surface area contributed by atoms with E-state index in [1.807, 2.05) is 0 Å². The minimum absolute atomic E-state index is 0.271. The van der Waals surface area contributed by atoms with Crippen LogP contribution in [0.1, 0.15) is 45.5 Å². The van der Waals surface area contributed by atoms with Gasteiger partial charge in [0.25, 0.3) is 0 Å². The van der Waals surface area contributed by atoms with Gasteiger partial charge in [0.05, 0.1) is 4.83 Å². The van der Waals surface area contributed by atoms with Crippen LogP contribution in [0.4, 0.5) is 0 Å². The van der Waals surface area contributed by atoms with Gasteiger partial charge in [-0.15, -0.1) is 0 Å². The summed E-state index contributed by atoms with van der Waals surface area (Å²) in [5.74, 6) is 0. The van der Waals surface area contributed by atoms with Gasteiger partial charge >= 0.3 is 0 Å². The van der Waals surface area contributed by atoms with Crippen molar-refractivity contribution in [3.05, 3.63) is 68.7 Å². The first-order valence-electron chi connectivity index (χ1n) is 7.17. The molecule has 0 N–H and O–H groups in total. The van der Waals surface area contributed by atoms with Crippen LogP contribution in [0.25, 0.3) is 0 Å². The monoisotopic (exact) mass is 392 g/mol. The van der Waals surface area contributed by atoms with Crippen molar-refractivity contribution in [2.45, 2.75) is 37.4 Å². The Morgan fingerprint density at radius 1 is 0.950 bits per heavy atom. The summed E-state index contributed by atoms with van der Waals surface area (Å²) in [6.07, 6.45) is 5.16. The van der Waals surface area contributed by atoms with Crippen LogP contribution >= 0.6 is 31.9 Å². The van der Waals surface area contributed by atoms with Gasteiger partial charge in [0, 0.05) is 4.47 Å². The smallest absolute Gasteiger partial charge is 0.0647 e. The molecule has 1 atom stereocenters. The maximum Gasteiger partial charge on any atom is 0.0647 e. The Bertz CT molecular complexity index is 631. The van der Waals surface area contributed by atoms with E-state index in [1.54, 1.807) is 11.1 Å². The minimum Gasteiger partial charge on any atom is -0.0786 e. The predicted octanol–water partition coefficient (Wildman–Crippen LogP) is 6.12. The van der Waals surface area contributed by atoms with Crippen LogP contribution in [0.15, 0.2) is 40.9 Å². The molecule has 0 nitrogen and oxygen atoms in total. The lowest BCUT2D eigenvalue weighted by molar-refractivity contribution is 0.684. The second-order valence-corrected chi connectivity index (χ2v) is 7.43. The number of hydrogen-bond acceptors (Lipinski definition) is 0. The van der Waals surface area contributed by atoms with Gasteiger partial charge in [0.15, 0.2) is 0 Å². The fourth-order valence-electron chi connectivity index (χ4n) is 2.97. The third kappa shape index (κ3) is 2.87. The average Bonchev–Trinajstić information content (AvgIpc) is 2.48. The Hall–Kier alpha value is -0.600. The molecule has 1 aliphatic rings. The van der Waals surface area contributed by atoms with E-state index in [-0.39, 0.29) is 4.83 Å². The van der Waals surface area contributed by atoms with E-state index in [9.17, 15) is 0 Å². The molecule has 0 saturated carbocycles. The Labute approximate surface area is 137 Å². The predicted molar refractivity (Wildman–Crippen MR) is 92.7 cm³/mol. The average molecular weight is 394 g/mol. The number of fused-ring (bicyclic) bond motifs is 1. The van der Waals surface area contributed by atoms with Crippen molar-refractivity contribution >= 4 is 31.9 Å². The third-order valence-corrected chi connectivity index (χ3v) is 5.69. The molecule has 2 aromatic rings. The van der Waals surface area contributed by atoms with Crippen LogP contribution in [0, 0.1) is 6.92 Å². The molecule has 104 valence electrons. The van der Waals surface area contributed by atoms with Gasteiger partial charge in [-0.2, -0.15) is 0 Å². The van der Waals surface area contributed by atoms with E-state index >= 15 is 0 Å². The van der Waals surface area contributed by atoms with E-state index in [2.05, 4.69) is 75.2 Å². The highest BCUT2D eigenvalue weighted by Gasteiger charge is 2.16. The summed E-state index contributed by atoms with van der Waals surface area (Å²) in [5.41, 5.74) is 7.13. The number of aryl methyl sites for hydroxylation is 3. The summed E-state index contributed by atoms with van der Waals surface area (Å²) in [6.45, 7) is 2.18. The Morgan fingerprint density at radius 2 is 1.70 bits per heavy atom. The molecule has 0 radical (unpaired) electrons. The first-order chi connectivity index (χ1) is 9.65. The molecule has 1 unspecified atom stereocenters. The van der Waals surface area contributed by atoms with Crippen molar-refractivity contribution in [1.82, 2.24) is 0 Å². The summed E-state index contributed by atoms with van der Waals surface area (Å²) in [5, 5.41) is 0. The molecule has 0 bridgehead atoms. The number of benzene rings is 2. The molecule has 0 saturated heterocycles. The van der Waals surface area contributed by atoms with E-state index in [0.29, 0.717) is 0 Å². The maximum atomic E-state index is 3.89. The lowest BCUT2D eigenvalue weighted by Crippen LogP contribution is -2.04. The van der Waals surface area contributed by atoms with E-state index in [4.69, 9.17) is 0 Å². The van der Waals surface area contributed by atoms with E-state index < -0.39 is 0 Å². The first-order valence-corrected chi connectivity index (χ1v) is 8.88. The highest BCUT2D eigenvalue weighted by atomic mass is 79.9. The fraction of sp³-hybridized carbons (Fsp3) is 0.333. The van der Waals surface area contributed by atoms with Gasteiger partial charge < -0.3 is 0 Å². The summed E-state index contributed by atoms with van der Waals surface area (Å²) >= 11 is 7.46. The number of rotatable bonds is 2. The Morgan fingerprint density at radius 3 is 2.50 bits per heavy atom. The standard InChI is InChI=1S/C18H18Br2/c1-12-6-9-16(19)11-17(12)18(20)15-8-7-13-4-2-3-5-14(13)10-15/h6-11,18H,2-5H2,1H3. The molecule has 20 heavy (non-hydrogen) atoms. The highest BCUT2D eigenvalue weighted by molar-refractivity contribution is 9.10. The zero-order valence-corrected chi connectivity index (χ0v) is 14.8. The first kappa shape index (κ1) is 14.3. The van der Waals surface area contributed by atoms with Crippen LogP contribution in [-0.2, 0) is 12.8 Å². The molecule has 0 heterocycles. The molecule has 0 aliphatic heterocycles. The molecular weight excluding hydrogens is 376 g/mol. The van der Waals surface area contributed by atoms with Gasteiger partial charge in [-0.25, -0.2) is 0 Å². The Kier molecular flexibility index (Phi) is 4.32. The fourth-order valence-corrected chi connectivity index (χ4v) is 4.13. The summed E-state index contributed by atoms with van der Waals surface area (Å²) < 4.78 is 1.14. The van der Waals surface area contributed by atoms with Crippen molar-refractivity contribution in [1.29, 1.82) is 0 Å². The normalized spacial score (nSPS) is 15.8. The van der Waals surface area contributed by atoms with Crippen molar-refractivity contribution in [2.75, 3.05) is 0 Å². The highest BCUT2D eigenvalue weighted by Crippen LogP contribution is 2.36. The van der Waals surface area contributed by atoms with Crippen LogP contribution in [0.2, 0.25) is 0 Å². The van der Waals surface area contributed by atoms with Crippen LogP contribution in [-0.4, -0.2) is 0 Å². The van der Waals surface area contributed by atoms with Gasteiger partial charge in [0.2, 0.25) is 0 Å². The topological polar surface area (TPSA) is 0 Å². The van der Waals surface area contributed by atoms with Crippen LogP contribution in [0.3, 0.4) is 0 Å². The molecule has 1 aliphatic carbocycles. The molecule has 0 amide bonds. The van der Waals surface area contributed by atoms with Gasteiger partial charge in [-0.05, 0) is 72.6 Å². The molecule has 0 fully saturated rings. The molecular formula is C18H18Br2. The number of alkyl halides is 1. The summed E-state index contributed by atoms with van der Waals surface area (Å²) in [4.78, 5) is 0.271. The quantitative estimate of drug-likeness (QED) is 0.539. The van der Waals surface area contributed by atoms with Crippen LogP contribution in [0.5, 0.6) is 0 Å². The van der Waals surface area contributed by atoms with Gasteiger partial charge in [-0.3, -0.25) is 0 Å². The van der Waals surface area contributed by atoms with Gasteiger partial charge in [-0.1, -0.05) is 56.1 Å². The molecule has 0 spiro atoms. The number of halogens is 2. The van der Waals surface area contributed by atoms with E-state index in [1.165, 1.54) is 42.4 Å². The summed E-state index contributed by atoms with van der Waals surface area (Å²) in [7, 11) is 0. The number of hydrogen-bond donors (Lipinski definition) is 0. The second-order valence-electron chi connectivity index (χ2n) is 5.60. The summed E-state index contributed by atoms with van der Waals surface area (Å²) in [6, 6.07) is 13.5. The zero-order chi connectivity index (χ0) is 14.1. The lowest BCUT2D eigenvalue weighted by atomic mass is 9.89. The largest absolute Gasteiger partial charge is 0.0786 e. The third-order valence-electron chi connectivity index (χ3n) is 4.18. The van der Waals surface area contributed by atoms with Crippen molar-refractivity contribution in [2.24, 2.45) is 0 Å². The van der Waals surface area contributed by atoms with Crippen molar-refractivity contribution < 1.29 is 0 Å². The molecule has 2 heteroatoms. The minimum atomic E-state index is 0.271. The molecule has 2 aromatic carbocycles. The molecule has 3 rings (SSSR count). The lowest BCUT2D eigenvalue weighted by Gasteiger charge is -2.20. The Balaban J connectivity index is 1.97. The zero-order valence-electron chi connectivity index (χ0n) is 11.6. The molecule has 0 aromatic heterocycles. The SMILES string of the molecule is Cc1ccc(Br)cc1C(Br)c1ccc2c(c1)CCCC2. The van der Waals surface area contributed by atoms with Crippen molar-refractivity contribution in [3.63, 3.8) is 0 Å². The maximum absolute atomic E-state index is 3.89. The van der Waals surface area contributed by atoms with E-state index in [0.717, 1.165) is 4.47 Å². The second kappa shape index (κ2) is 6.03. The van der Waals surface area contributed by atoms with Gasteiger partial charge in [0.1, 0.15) is 0 Å². The van der Waals surface area contributed by atoms with Crippen LogP contribution < -0.4 is 0 Å². The van der Waals surface area contributed by atoms with Crippen molar-refractivity contribution in [3.8, 4) is 0 Å².